The summed E-state index contributed by atoms with van der Waals surface area (Å²) >= 11 is 0. The number of nitrogens with one attached hydrogen (secondary N) is 2. The van der Waals surface area contributed by atoms with Gasteiger partial charge in [0.1, 0.15) is 5.82 Å². The third kappa shape index (κ3) is 2.40. The molecule has 4 N–H and O–H groups in total. The lowest BCUT2D eigenvalue weighted by atomic mass is 10.1. The number of nitrogen functional groups attached to an aromatic ring is 1. The van der Waals surface area contributed by atoms with Crippen molar-refractivity contribution in [1.82, 2.24) is 20.2 Å². The summed E-state index contributed by atoms with van der Waals surface area (Å²) in [5, 5.41) is 10.9. The van der Waals surface area contributed by atoms with Gasteiger partial charge < -0.3 is 11.1 Å². The number of nitrogens with two attached hydrogens (primary N) is 1. The highest BCUT2D eigenvalue weighted by Gasteiger charge is 2.07. The molecule has 0 atom stereocenters. The molecule has 0 unspecified atom stereocenters. The van der Waals surface area contributed by atoms with Crippen LogP contribution in [-0.4, -0.2) is 26.7 Å². The minimum Gasteiger partial charge on any atom is -0.369 e. The maximum atomic E-state index is 5.68. The Bertz CT molecular complexity index is 733. The number of anilines is 2. The van der Waals surface area contributed by atoms with E-state index in [4.69, 9.17) is 5.73 Å². The monoisotopic (exact) mass is 268 g/mol. The minimum absolute atomic E-state index is 0.236. The van der Waals surface area contributed by atoms with E-state index in [1.54, 1.807) is 6.20 Å². The van der Waals surface area contributed by atoms with Gasteiger partial charge in [0.25, 0.3) is 0 Å². The maximum Gasteiger partial charge on any atom is 0.224 e. The molecule has 3 rings (SSSR count). The molecule has 0 fully saturated rings. The van der Waals surface area contributed by atoms with Crippen LogP contribution in [0.2, 0.25) is 0 Å². The normalized spacial score (nSPS) is 10.8. The molecule has 0 amide bonds. The number of benzene rings is 1. The molecule has 0 radical (unpaired) electrons. The van der Waals surface area contributed by atoms with Crippen LogP contribution in [-0.2, 0) is 6.42 Å². The van der Waals surface area contributed by atoms with Crippen molar-refractivity contribution in [3.63, 3.8) is 0 Å². The Morgan fingerprint density at radius 1 is 1.25 bits per heavy atom. The van der Waals surface area contributed by atoms with E-state index in [1.165, 1.54) is 11.1 Å². The van der Waals surface area contributed by atoms with Crippen molar-refractivity contribution >= 4 is 22.8 Å². The fourth-order valence-corrected chi connectivity index (χ4v) is 2.19. The number of fused-ring (bicyclic) bond motifs is 1. The molecule has 0 saturated carbocycles. The van der Waals surface area contributed by atoms with E-state index in [0.29, 0.717) is 5.65 Å². The van der Waals surface area contributed by atoms with E-state index >= 15 is 0 Å². The van der Waals surface area contributed by atoms with Crippen LogP contribution in [0.3, 0.4) is 0 Å². The summed E-state index contributed by atoms with van der Waals surface area (Å²) in [6.45, 7) is 2.90. The molecule has 20 heavy (non-hydrogen) atoms. The number of aryl methyl sites for hydroxylation is 1. The van der Waals surface area contributed by atoms with Crippen molar-refractivity contribution in [3.8, 4) is 0 Å². The van der Waals surface area contributed by atoms with Crippen molar-refractivity contribution < 1.29 is 0 Å². The van der Waals surface area contributed by atoms with Crippen molar-refractivity contribution in [2.24, 2.45) is 0 Å². The summed E-state index contributed by atoms with van der Waals surface area (Å²) in [5.74, 6) is 0.954. The van der Waals surface area contributed by atoms with E-state index in [1.807, 2.05) is 6.07 Å². The molecule has 0 aliphatic heterocycles. The average Bonchev–Trinajstić information content (AvgIpc) is 2.89. The number of aromatic amines is 1. The second kappa shape index (κ2) is 5.16. The summed E-state index contributed by atoms with van der Waals surface area (Å²) in [6.07, 6.45) is 2.63. The zero-order chi connectivity index (χ0) is 13.9. The Morgan fingerprint density at radius 2 is 2.10 bits per heavy atom. The minimum atomic E-state index is 0.236. The fraction of sp³-hybridized carbons (Fsp3) is 0.214. The molecule has 1 aromatic carbocycles. The number of aromatic nitrogens is 4. The van der Waals surface area contributed by atoms with Gasteiger partial charge in [0.15, 0.2) is 5.65 Å². The van der Waals surface area contributed by atoms with E-state index in [9.17, 15) is 0 Å². The highest BCUT2D eigenvalue weighted by Crippen LogP contribution is 2.18. The first-order valence-electron chi connectivity index (χ1n) is 6.49. The lowest BCUT2D eigenvalue weighted by Gasteiger charge is -2.08. The first-order valence-corrected chi connectivity index (χ1v) is 6.49. The first-order chi connectivity index (χ1) is 9.74. The van der Waals surface area contributed by atoms with Crippen molar-refractivity contribution in [3.05, 3.63) is 41.6 Å². The Morgan fingerprint density at radius 3 is 2.95 bits per heavy atom. The molecular formula is C14H16N6. The predicted molar refractivity (Wildman–Crippen MR) is 79.5 cm³/mol. The molecule has 102 valence electrons. The van der Waals surface area contributed by atoms with Gasteiger partial charge in [-0.1, -0.05) is 24.3 Å². The van der Waals surface area contributed by atoms with Crippen molar-refractivity contribution in [2.45, 2.75) is 13.3 Å². The Labute approximate surface area is 116 Å². The Hall–Kier alpha value is -2.63. The molecule has 0 aliphatic rings. The van der Waals surface area contributed by atoms with Crippen LogP contribution in [0.4, 0.5) is 11.8 Å². The largest absolute Gasteiger partial charge is 0.369 e. The zero-order valence-electron chi connectivity index (χ0n) is 11.2. The molecule has 0 bridgehead atoms. The third-order valence-corrected chi connectivity index (χ3v) is 3.28. The van der Waals surface area contributed by atoms with Crippen molar-refractivity contribution in [1.29, 1.82) is 0 Å². The van der Waals surface area contributed by atoms with Gasteiger partial charge in [0, 0.05) is 6.54 Å². The third-order valence-electron chi connectivity index (χ3n) is 3.28. The summed E-state index contributed by atoms with van der Waals surface area (Å²) < 4.78 is 0. The topological polar surface area (TPSA) is 92.5 Å². The number of rotatable bonds is 4. The van der Waals surface area contributed by atoms with Gasteiger partial charge >= 0.3 is 0 Å². The summed E-state index contributed by atoms with van der Waals surface area (Å²) in [4.78, 5) is 8.31. The summed E-state index contributed by atoms with van der Waals surface area (Å²) in [5.41, 5.74) is 8.95. The Balaban J connectivity index is 1.74. The van der Waals surface area contributed by atoms with E-state index in [0.717, 1.165) is 24.2 Å². The van der Waals surface area contributed by atoms with E-state index in [-0.39, 0.29) is 5.95 Å². The van der Waals surface area contributed by atoms with Crippen LogP contribution < -0.4 is 11.1 Å². The van der Waals surface area contributed by atoms with Gasteiger partial charge in [-0.3, -0.25) is 5.10 Å². The summed E-state index contributed by atoms with van der Waals surface area (Å²) in [7, 11) is 0. The fourth-order valence-electron chi connectivity index (χ4n) is 2.19. The number of hydrogen-bond donors (Lipinski definition) is 3. The molecule has 2 heterocycles. The van der Waals surface area contributed by atoms with Gasteiger partial charge in [-0.15, -0.1) is 0 Å². The van der Waals surface area contributed by atoms with Crippen LogP contribution in [0.5, 0.6) is 0 Å². The smallest absolute Gasteiger partial charge is 0.224 e. The van der Waals surface area contributed by atoms with Crippen LogP contribution in [0.15, 0.2) is 30.5 Å². The van der Waals surface area contributed by atoms with Crippen molar-refractivity contribution in [2.75, 3.05) is 17.6 Å². The molecule has 0 aliphatic carbocycles. The zero-order valence-corrected chi connectivity index (χ0v) is 11.2. The second-order valence-electron chi connectivity index (χ2n) is 4.67. The number of hydrogen-bond acceptors (Lipinski definition) is 5. The van der Waals surface area contributed by atoms with Gasteiger partial charge in [-0.05, 0) is 24.5 Å². The van der Waals surface area contributed by atoms with Crippen LogP contribution >= 0.6 is 0 Å². The lowest BCUT2D eigenvalue weighted by Crippen LogP contribution is -2.09. The van der Waals surface area contributed by atoms with Crippen LogP contribution in [0.1, 0.15) is 11.1 Å². The summed E-state index contributed by atoms with van der Waals surface area (Å²) in [6, 6.07) is 8.36. The van der Waals surface area contributed by atoms with Gasteiger partial charge in [-0.25, -0.2) is 0 Å². The van der Waals surface area contributed by atoms with Gasteiger partial charge in [0.2, 0.25) is 5.95 Å². The Kier molecular flexibility index (Phi) is 3.20. The van der Waals surface area contributed by atoms with Gasteiger partial charge in [0.05, 0.1) is 11.6 Å². The molecule has 0 saturated heterocycles. The SMILES string of the molecule is Cc1ccccc1CCNc1nc(N)nc2[nH]ncc12. The number of nitrogens with zero attached hydrogens (tertiary/aromatic N) is 3. The highest BCUT2D eigenvalue weighted by atomic mass is 15.2. The second-order valence-corrected chi connectivity index (χ2v) is 4.67. The number of H-pyrrole nitrogens is 1. The molecule has 3 aromatic rings. The lowest BCUT2D eigenvalue weighted by molar-refractivity contribution is 0.995. The average molecular weight is 268 g/mol. The van der Waals surface area contributed by atoms with Gasteiger partial charge in [-0.2, -0.15) is 15.1 Å². The highest BCUT2D eigenvalue weighted by molar-refractivity contribution is 5.86. The quantitative estimate of drug-likeness (QED) is 0.672. The van der Waals surface area contributed by atoms with Crippen LogP contribution in [0.25, 0.3) is 11.0 Å². The maximum absolute atomic E-state index is 5.68. The first kappa shape index (κ1) is 12.4. The molecular weight excluding hydrogens is 252 g/mol. The molecule has 0 spiro atoms. The standard InChI is InChI=1S/C14H16N6/c1-9-4-2-3-5-10(9)6-7-16-12-11-8-17-20-13(11)19-14(15)18-12/h2-5,8H,6-7H2,1H3,(H4,15,16,17,18,19,20). The predicted octanol–water partition coefficient (Wildman–Crippen LogP) is 1.90. The molecule has 6 nitrogen and oxygen atoms in total. The van der Waals surface area contributed by atoms with Crippen LogP contribution in [0, 0.1) is 6.92 Å². The van der Waals surface area contributed by atoms with E-state index < -0.39 is 0 Å². The molecule has 6 heteroatoms. The molecule has 2 aromatic heterocycles. The van der Waals surface area contributed by atoms with E-state index in [2.05, 4.69) is 50.6 Å².